The van der Waals surface area contributed by atoms with Gasteiger partial charge in [-0.2, -0.15) is 0 Å². The first kappa shape index (κ1) is 19.1. The Morgan fingerprint density at radius 3 is 2.36 bits per heavy atom. The number of hydrogen-bond acceptors (Lipinski definition) is 3. The van der Waals surface area contributed by atoms with Crippen LogP contribution in [0.25, 0.3) is 0 Å². The molecule has 0 aromatic rings. The lowest BCUT2D eigenvalue weighted by atomic mass is 9.80. The molecule has 0 aliphatic heterocycles. The summed E-state index contributed by atoms with van der Waals surface area (Å²) in [5.41, 5.74) is -0.689. The highest BCUT2D eigenvalue weighted by atomic mass is 19.3. The van der Waals surface area contributed by atoms with Gasteiger partial charge in [0.05, 0.1) is 13.1 Å². The number of hydrogen-bond donors (Lipinski definition) is 2. The van der Waals surface area contributed by atoms with E-state index in [9.17, 15) is 13.6 Å². The van der Waals surface area contributed by atoms with Gasteiger partial charge in [0.15, 0.2) is 0 Å². The second kappa shape index (κ2) is 7.57. The van der Waals surface area contributed by atoms with E-state index in [1.807, 2.05) is 0 Å². The first-order chi connectivity index (χ1) is 9.98. The molecule has 0 aromatic carbocycles. The summed E-state index contributed by atoms with van der Waals surface area (Å²) in [5, 5.41) is 5.10. The fraction of sp³-hybridized carbons (Fsp3) is 0.938. The van der Waals surface area contributed by atoms with Gasteiger partial charge in [-0.05, 0) is 51.9 Å². The summed E-state index contributed by atoms with van der Waals surface area (Å²) in [6.45, 7) is 8.24. The standard InChI is InChI=1S/C16H30F2N2O2/c1-11-6-7-13(12(2)8-11)19-9-16(17,18)10-20-14(21)22-15(3,4)5/h11-13,19H,6-10H2,1-5H3,(H,20,21). The minimum absolute atomic E-state index is 0.128. The first-order valence-corrected chi connectivity index (χ1v) is 8.06. The lowest BCUT2D eigenvalue weighted by Gasteiger charge is -2.34. The van der Waals surface area contributed by atoms with E-state index in [2.05, 4.69) is 24.5 Å². The maximum atomic E-state index is 13.8. The number of carbonyl (C=O) groups excluding carboxylic acids is 1. The first-order valence-electron chi connectivity index (χ1n) is 8.06. The Morgan fingerprint density at radius 1 is 1.18 bits per heavy atom. The quantitative estimate of drug-likeness (QED) is 0.814. The van der Waals surface area contributed by atoms with Crippen molar-refractivity contribution >= 4 is 6.09 Å². The maximum absolute atomic E-state index is 13.8. The van der Waals surface area contributed by atoms with Gasteiger partial charge in [0, 0.05) is 6.04 Å². The van der Waals surface area contributed by atoms with Crippen LogP contribution in [0.1, 0.15) is 53.9 Å². The van der Waals surface area contributed by atoms with E-state index in [1.54, 1.807) is 20.8 Å². The molecule has 0 spiro atoms. The van der Waals surface area contributed by atoms with E-state index in [1.165, 1.54) is 0 Å². The van der Waals surface area contributed by atoms with E-state index in [4.69, 9.17) is 4.74 Å². The summed E-state index contributed by atoms with van der Waals surface area (Å²) < 4.78 is 32.6. The number of alkyl carbamates (subject to hydrolysis) is 1. The van der Waals surface area contributed by atoms with Crippen molar-refractivity contribution < 1.29 is 18.3 Å². The third kappa shape index (κ3) is 7.38. The van der Waals surface area contributed by atoms with Crippen LogP contribution in [-0.2, 0) is 4.74 Å². The average molecular weight is 320 g/mol. The Balaban J connectivity index is 2.33. The zero-order valence-corrected chi connectivity index (χ0v) is 14.3. The number of carbonyl (C=O) groups is 1. The number of nitrogens with one attached hydrogen (secondary N) is 2. The number of amides is 1. The Labute approximate surface area is 132 Å². The monoisotopic (exact) mass is 320 g/mol. The van der Waals surface area contributed by atoms with Crippen LogP contribution < -0.4 is 10.6 Å². The minimum Gasteiger partial charge on any atom is -0.444 e. The molecule has 1 saturated carbocycles. The van der Waals surface area contributed by atoms with Gasteiger partial charge in [0.25, 0.3) is 5.92 Å². The predicted molar refractivity (Wildman–Crippen MR) is 83.2 cm³/mol. The maximum Gasteiger partial charge on any atom is 0.407 e. The van der Waals surface area contributed by atoms with Crippen molar-refractivity contribution in [2.24, 2.45) is 11.8 Å². The minimum atomic E-state index is -2.99. The van der Waals surface area contributed by atoms with Crippen LogP contribution in [0.15, 0.2) is 0 Å². The topological polar surface area (TPSA) is 50.4 Å². The van der Waals surface area contributed by atoms with Gasteiger partial charge in [0.1, 0.15) is 5.60 Å². The average Bonchev–Trinajstić information content (AvgIpc) is 2.33. The summed E-state index contributed by atoms with van der Waals surface area (Å²) in [4.78, 5) is 11.4. The summed E-state index contributed by atoms with van der Waals surface area (Å²) in [5.74, 6) is -1.92. The van der Waals surface area contributed by atoms with Crippen molar-refractivity contribution in [2.45, 2.75) is 71.4 Å². The molecule has 22 heavy (non-hydrogen) atoms. The molecular formula is C16H30F2N2O2. The van der Waals surface area contributed by atoms with Gasteiger partial charge in [-0.15, -0.1) is 0 Å². The molecule has 0 bridgehead atoms. The molecule has 0 heterocycles. The van der Waals surface area contributed by atoms with Crippen molar-refractivity contribution in [1.82, 2.24) is 10.6 Å². The highest BCUT2D eigenvalue weighted by Crippen LogP contribution is 2.29. The lowest BCUT2D eigenvalue weighted by Crippen LogP contribution is -2.49. The fourth-order valence-corrected chi connectivity index (χ4v) is 2.83. The van der Waals surface area contributed by atoms with Gasteiger partial charge in [0.2, 0.25) is 0 Å². The normalized spacial score (nSPS) is 26.6. The number of rotatable bonds is 5. The molecule has 2 N–H and O–H groups in total. The molecule has 0 saturated heterocycles. The molecule has 3 unspecified atom stereocenters. The predicted octanol–water partition coefficient (Wildman–Crippen LogP) is 3.56. The van der Waals surface area contributed by atoms with Gasteiger partial charge >= 0.3 is 6.09 Å². The zero-order chi connectivity index (χ0) is 17.0. The zero-order valence-electron chi connectivity index (χ0n) is 14.3. The van der Waals surface area contributed by atoms with Crippen LogP contribution in [0.4, 0.5) is 13.6 Å². The van der Waals surface area contributed by atoms with Gasteiger partial charge in [-0.25, -0.2) is 13.6 Å². The SMILES string of the molecule is CC1CCC(NCC(F)(F)CNC(=O)OC(C)(C)C)C(C)C1. The van der Waals surface area contributed by atoms with E-state index in [0.29, 0.717) is 11.8 Å². The smallest absolute Gasteiger partial charge is 0.407 e. The molecule has 1 fully saturated rings. The summed E-state index contributed by atoms with van der Waals surface area (Å²) in [6, 6.07) is 0.128. The molecule has 6 heteroatoms. The molecule has 1 amide bonds. The molecule has 3 atom stereocenters. The van der Waals surface area contributed by atoms with E-state index < -0.39 is 30.7 Å². The number of halogens is 2. The molecule has 1 rings (SSSR count). The third-order valence-electron chi connectivity index (χ3n) is 3.94. The van der Waals surface area contributed by atoms with Gasteiger partial charge < -0.3 is 15.4 Å². The molecule has 1 aliphatic carbocycles. The summed E-state index contributed by atoms with van der Waals surface area (Å²) in [6.07, 6.45) is 2.26. The molecular weight excluding hydrogens is 290 g/mol. The molecule has 0 radical (unpaired) electrons. The Kier molecular flexibility index (Phi) is 6.59. The van der Waals surface area contributed by atoms with E-state index in [0.717, 1.165) is 19.3 Å². The Bertz CT molecular complexity index is 370. The van der Waals surface area contributed by atoms with Gasteiger partial charge in [-0.1, -0.05) is 13.8 Å². The van der Waals surface area contributed by atoms with Crippen molar-refractivity contribution in [3.05, 3.63) is 0 Å². The molecule has 130 valence electrons. The van der Waals surface area contributed by atoms with Crippen molar-refractivity contribution in [2.75, 3.05) is 13.1 Å². The highest BCUT2D eigenvalue weighted by molar-refractivity contribution is 5.67. The van der Waals surface area contributed by atoms with Crippen LogP contribution in [0.5, 0.6) is 0 Å². The van der Waals surface area contributed by atoms with Crippen molar-refractivity contribution in [1.29, 1.82) is 0 Å². The van der Waals surface area contributed by atoms with Crippen LogP contribution >= 0.6 is 0 Å². The van der Waals surface area contributed by atoms with Crippen LogP contribution in [-0.4, -0.2) is 36.7 Å². The van der Waals surface area contributed by atoms with Crippen LogP contribution in [0, 0.1) is 11.8 Å². The number of ether oxygens (including phenoxy) is 1. The third-order valence-corrected chi connectivity index (χ3v) is 3.94. The van der Waals surface area contributed by atoms with Crippen molar-refractivity contribution in [3.8, 4) is 0 Å². The van der Waals surface area contributed by atoms with Gasteiger partial charge in [-0.3, -0.25) is 0 Å². The van der Waals surface area contributed by atoms with Crippen molar-refractivity contribution in [3.63, 3.8) is 0 Å². The molecule has 0 aromatic heterocycles. The van der Waals surface area contributed by atoms with Crippen LogP contribution in [0.2, 0.25) is 0 Å². The second-order valence-electron chi connectivity index (χ2n) is 7.59. The van der Waals surface area contributed by atoms with E-state index >= 15 is 0 Å². The fourth-order valence-electron chi connectivity index (χ4n) is 2.83. The molecule has 4 nitrogen and oxygen atoms in total. The highest BCUT2D eigenvalue weighted by Gasteiger charge is 2.33. The second-order valence-corrected chi connectivity index (χ2v) is 7.59. The Morgan fingerprint density at radius 2 is 1.82 bits per heavy atom. The largest absolute Gasteiger partial charge is 0.444 e. The van der Waals surface area contributed by atoms with Crippen LogP contribution in [0.3, 0.4) is 0 Å². The number of alkyl halides is 2. The summed E-state index contributed by atoms with van der Waals surface area (Å²) >= 11 is 0. The lowest BCUT2D eigenvalue weighted by molar-refractivity contribution is -0.00841. The summed E-state index contributed by atoms with van der Waals surface area (Å²) in [7, 11) is 0. The Hall–Kier alpha value is -0.910. The molecule has 1 aliphatic rings. The van der Waals surface area contributed by atoms with E-state index in [-0.39, 0.29) is 6.04 Å².